The molecule has 2 aliphatic rings. The third-order valence-corrected chi connectivity index (χ3v) is 5.60. The van der Waals surface area contributed by atoms with E-state index in [9.17, 15) is 0 Å². The summed E-state index contributed by atoms with van der Waals surface area (Å²) in [5.74, 6) is 1.90. The van der Waals surface area contributed by atoms with Crippen LogP contribution in [0.3, 0.4) is 0 Å². The van der Waals surface area contributed by atoms with Gasteiger partial charge in [-0.25, -0.2) is 0 Å². The van der Waals surface area contributed by atoms with E-state index in [2.05, 4.69) is 73.9 Å². The molecule has 1 fully saturated rings. The van der Waals surface area contributed by atoms with Crippen LogP contribution in [0, 0.1) is 0 Å². The normalized spacial score (nSPS) is 17.3. The van der Waals surface area contributed by atoms with Crippen LogP contribution in [-0.2, 0) is 12.8 Å². The van der Waals surface area contributed by atoms with Crippen molar-refractivity contribution in [2.45, 2.75) is 58.0 Å². The summed E-state index contributed by atoms with van der Waals surface area (Å²) in [6.07, 6.45) is 6.00. The number of likely N-dealkylation sites (tertiary alicyclic amines) is 1. The smallest absolute Gasteiger partial charge is 0.229 e. The highest BCUT2D eigenvalue weighted by Gasteiger charge is 2.22. The van der Waals surface area contributed by atoms with Crippen molar-refractivity contribution in [3.05, 3.63) is 35.4 Å². The van der Waals surface area contributed by atoms with Gasteiger partial charge in [-0.1, -0.05) is 30.7 Å². The van der Waals surface area contributed by atoms with Crippen LogP contribution in [0.25, 0.3) is 0 Å². The molecule has 1 aliphatic carbocycles. The van der Waals surface area contributed by atoms with Gasteiger partial charge in [0.15, 0.2) is 0 Å². The van der Waals surface area contributed by atoms with Crippen molar-refractivity contribution in [2.24, 2.45) is 0 Å². The highest BCUT2D eigenvalue weighted by atomic mass is 15.3. The molecule has 29 heavy (non-hydrogen) atoms. The van der Waals surface area contributed by atoms with E-state index in [0.717, 1.165) is 25.9 Å². The monoisotopic (exact) mass is 395 g/mol. The minimum Gasteiger partial charge on any atom is -0.353 e. The van der Waals surface area contributed by atoms with Gasteiger partial charge in [-0.15, -0.1) is 0 Å². The summed E-state index contributed by atoms with van der Waals surface area (Å²) in [5.41, 5.74) is 2.83. The highest BCUT2D eigenvalue weighted by molar-refractivity contribution is 5.45. The molecule has 7 heteroatoms. The summed E-state index contributed by atoms with van der Waals surface area (Å²) in [4.78, 5) is 16.3. The summed E-state index contributed by atoms with van der Waals surface area (Å²) >= 11 is 0. The molecule has 0 amide bonds. The molecular weight excluding hydrogens is 362 g/mol. The quantitative estimate of drug-likeness (QED) is 0.634. The number of nitrogens with one attached hydrogen (secondary N) is 3. The lowest BCUT2D eigenvalue weighted by atomic mass is 10.1. The third kappa shape index (κ3) is 5.56. The number of hydrogen-bond acceptors (Lipinski definition) is 7. The van der Waals surface area contributed by atoms with Crippen LogP contribution < -0.4 is 16.0 Å². The van der Waals surface area contributed by atoms with Gasteiger partial charge in [0.1, 0.15) is 0 Å². The molecule has 0 saturated carbocycles. The van der Waals surface area contributed by atoms with Crippen LogP contribution in [-0.4, -0.2) is 58.1 Å². The predicted octanol–water partition coefficient (Wildman–Crippen LogP) is 3.17. The van der Waals surface area contributed by atoms with Crippen molar-refractivity contribution in [1.29, 1.82) is 0 Å². The highest BCUT2D eigenvalue weighted by Crippen LogP contribution is 2.24. The molecule has 1 aliphatic heterocycles. The molecule has 1 aromatic heterocycles. The Balaban J connectivity index is 1.40. The maximum atomic E-state index is 4.65. The predicted molar refractivity (Wildman–Crippen MR) is 119 cm³/mol. The molecule has 7 nitrogen and oxygen atoms in total. The van der Waals surface area contributed by atoms with Gasteiger partial charge in [0.2, 0.25) is 17.8 Å². The van der Waals surface area contributed by atoms with E-state index in [0.29, 0.717) is 23.9 Å². The zero-order valence-corrected chi connectivity index (χ0v) is 17.6. The first kappa shape index (κ1) is 19.9. The molecule has 0 unspecified atom stereocenters. The number of aromatic nitrogens is 3. The van der Waals surface area contributed by atoms with Crippen molar-refractivity contribution in [1.82, 2.24) is 19.9 Å². The third-order valence-electron chi connectivity index (χ3n) is 5.60. The van der Waals surface area contributed by atoms with Crippen molar-refractivity contribution < 1.29 is 0 Å². The number of hydrogen-bond donors (Lipinski definition) is 3. The zero-order chi connectivity index (χ0) is 20.1. The first-order chi connectivity index (χ1) is 14.2. The zero-order valence-electron chi connectivity index (χ0n) is 17.6. The number of fused-ring (bicyclic) bond motifs is 1. The number of benzene rings is 1. The lowest BCUT2D eigenvalue weighted by molar-refractivity contribution is 0.237. The largest absolute Gasteiger partial charge is 0.353 e. The van der Waals surface area contributed by atoms with Crippen LogP contribution in [0.2, 0.25) is 0 Å². The van der Waals surface area contributed by atoms with E-state index < -0.39 is 0 Å². The Kier molecular flexibility index (Phi) is 6.44. The van der Waals surface area contributed by atoms with Gasteiger partial charge < -0.3 is 20.9 Å². The van der Waals surface area contributed by atoms with Gasteiger partial charge in [0, 0.05) is 25.2 Å². The average molecular weight is 396 g/mol. The molecular formula is C22H33N7. The molecule has 2 heterocycles. The molecule has 1 saturated heterocycles. The Morgan fingerprint density at radius 1 is 0.931 bits per heavy atom. The van der Waals surface area contributed by atoms with Gasteiger partial charge in [0.25, 0.3) is 0 Å². The Morgan fingerprint density at radius 3 is 2.28 bits per heavy atom. The Bertz CT molecular complexity index is 776. The van der Waals surface area contributed by atoms with Crippen LogP contribution in [0.4, 0.5) is 17.8 Å². The fourth-order valence-electron chi connectivity index (χ4n) is 4.19. The van der Waals surface area contributed by atoms with Gasteiger partial charge in [-0.05, 0) is 63.7 Å². The van der Waals surface area contributed by atoms with E-state index >= 15 is 0 Å². The standard InChI is InChI=1S/C22H33N7/c1-16(2)24-21-26-20(23-10-13-29-11-6-3-7-12-29)27-22(28-21)25-19-14-17-8-4-5-9-18(17)15-19/h4-5,8-9,16,19H,3,6-7,10-15H2,1-2H3,(H3,23,24,25,26,27,28). The number of nitrogens with zero attached hydrogens (tertiary/aromatic N) is 4. The summed E-state index contributed by atoms with van der Waals surface area (Å²) in [5, 5.41) is 10.2. The van der Waals surface area contributed by atoms with Gasteiger partial charge in [-0.3, -0.25) is 0 Å². The van der Waals surface area contributed by atoms with Crippen molar-refractivity contribution in [3.63, 3.8) is 0 Å². The molecule has 3 N–H and O–H groups in total. The second-order valence-corrected chi connectivity index (χ2v) is 8.45. The molecule has 0 spiro atoms. The van der Waals surface area contributed by atoms with Gasteiger partial charge >= 0.3 is 0 Å². The number of rotatable bonds is 8. The molecule has 4 rings (SSSR count). The first-order valence-electron chi connectivity index (χ1n) is 11.0. The van der Waals surface area contributed by atoms with Crippen molar-refractivity contribution in [2.75, 3.05) is 42.1 Å². The van der Waals surface area contributed by atoms with Crippen molar-refractivity contribution >= 4 is 17.8 Å². The first-order valence-corrected chi connectivity index (χ1v) is 11.0. The van der Waals surface area contributed by atoms with Gasteiger partial charge in [0.05, 0.1) is 0 Å². The molecule has 0 atom stereocenters. The summed E-state index contributed by atoms with van der Waals surface area (Å²) in [6, 6.07) is 9.23. The number of anilines is 3. The summed E-state index contributed by atoms with van der Waals surface area (Å²) in [7, 11) is 0. The van der Waals surface area contributed by atoms with E-state index in [1.807, 2.05) is 0 Å². The molecule has 1 aromatic carbocycles. The van der Waals surface area contributed by atoms with E-state index in [-0.39, 0.29) is 6.04 Å². The Hall–Kier alpha value is -2.41. The molecule has 2 aromatic rings. The minimum atomic E-state index is 0.266. The molecule has 156 valence electrons. The van der Waals surface area contributed by atoms with E-state index in [1.54, 1.807) is 0 Å². The van der Waals surface area contributed by atoms with Crippen LogP contribution >= 0.6 is 0 Å². The molecule has 0 bridgehead atoms. The fourth-order valence-corrected chi connectivity index (χ4v) is 4.19. The topological polar surface area (TPSA) is 78.0 Å². The number of piperidine rings is 1. The molecule has 0 radical (unpaired) electrons. The maximum absolute atomic E-state index is 4.65. The summed E-state index contributed by atoms with van der Waals surface area (Å²) < 4.78 is 0. The van der Waals surface area contributed by atoms with Crippen LogP contribution in [0.5, 0.6) is 0 Å². The Morgan fingerprint density at radius 2 is 1.59 bits per heavy atom. The summed E-state index contributed by atoms with van der Waals surface area (Å²) in [6.45, 7) is 8.46. The van der Waals surface area contributed by atoms with Crippen LogP contribution in [0.1, 0.15) is 44.2 Å². The lowest BCUT2D eigenvalue weighted by Crippen LogP contribution is -2.34. The van der Waals surface area contributed by atoms with E-state index in [4.69, 9.17) is 0 Å². The second kappa shape index (κ2) is 9.39. The van der Waals surface area contributed by atoms with Crippen molar-refractivity contribution in [3.8, 4) is 0 Å². The maximum Gasteiger partial charge on any atom is 0.229 e. The van der Waals surface area contributed by atoms with Crippen LogP contribution in [0.15, 0.2) is 24.3 Å². The second-order valence-electron chi connectivity index (χ2n) is 8.45. The van der Waals surface area contributed by atoms with E-state index in [1.165, 1.54) is 43.5 Å². The van der Waals surface area contributed by atoms with Gasteiger partial charge in [-0.2, -0.15) is 15.0 Å². The Labute approximate surface area is 173 Å². The lowest BCUT2D eigenvalue weighted by Gasteiger charge is -2.26. The minimum absolute atomic E-state index is 0.266. The SMILES string of the molecule is CC(C)Nc1nc(NCCN2CCCCC2)nc(NC2Cc3ccccc3C2)n1. The average Bonchev–Trinajstić information content (AvgIpc) is 3.10. The fraction of sp³-hybridized carbons (Fsp3) is 0.591.